The van der Waals surface area contributed by atoms with Crippen LogP contribution in [-0.4, -0.2) is 14.5 Å². The number of hydrogen-bond donors (Lipinski definition) is 3. The number of aromatic nitrogens is 3. The molecular formula is C13H19N5O3. The van der Waals surface area contributed by atoms with E-state index >= 15 is 0 Å². The molecule has 8 heteroatoms. The van der Waals surface area contributed by atoms with Crippen molar-refractivity contribution in [2.24, 2.45) is 0 Å². The van der Waals surface area contributed by atoms with Crippen molar-refractivity contribution >= 4 is 11.5 Å². The van der Waals surface area contributed by atoms with Crippen molar-refractivity contribution in [3.8, 4) is 0 Å². The van der Waals surface area contributed by atoms with Crippen molar-refractivity contribution in [2.45, 2.75) is 39.8 Å². The maximum Gasteiger partial charge on any atom is 0.330 e. The minimum Gasteiger partial charge on any atom is -0.444 e. The lowest BCUT2D eigenvalue weighted by Gasteiger charge is -2.12. The molecule has 114 valence electrons. The molecule has 0 unspecified atom stereocenters. The van der Waals surface area contributed by atoms with Crippen molar-refractivity contribution in [1.29, 1.82) is 0 Å². The largest absolute Gasteiger partial charge is 0.444 e. The highest BCUT2D eigenvalue weighted by molar-refractivity contribution is 5.60. The van der Waals surface area contributed by atoms with Crippen molar-refractivity contribution in [3.63, 3.8) is 0 Å². The first-order valence-corrected chi connectivity index (χ1v) is 6.80. The first-order chi connectivity index (χ1) is 10.0. The van der Waals surface area contributed by atoms with Crippen LogP contribution in [0.5, 0.6) is 0 Å². The number of nitrogen functional groups attached to an aromatic ring is 1. The lowest BCUT2D eigenvalue weighted by Crippen LogP contribution is -2.34. The zero-order valence-corrected chi connectivity index (χ0v) is 12.1. The fraction of sp³-hybridized carbons (Fsp3) is 0.462. The molecule has 0 atom stereocenters. The van der Waals surface area contributed by atoms with Gasteiger partial charge in [-0.1, -0.05) is 13.3 Å². The Bertz CT molecular complexity index is 728. The number of hydrogen-bond acceptors (Lipinski definition) is 6. The van der Waals surface area contributed by atoms with Gasteiger partial charge in [0.1, 0.15) is 17.3 Å². The lowest BCUT2D eigenvalue weighted by molar-refractivity contribution is 0.479. The number of aromatic amines is 1. The molecule has 0 saturated carbocycles. The van der Waals surface area contributed by atoms with Gasteiger partial charge in [0.15, 0.2) is 0 Å². The predicted octanol–water partition coefficient (Wildman–Crippen LogP) is 0.827. The molecule has 8 nitrogen and oxygen atoms in total. The van der Waals surface area contributed by atoms with Crippen LogP contribution in [0.25, 0.3) is 0 Å². The van der Waals surface area contributed by atoms with Gasteiger partial charge in [-0.05, 0) is 13.3 Å². The second-order valence-electron chi connectivity index (χ2n) is 4.74. The summed E-state index contributed by atoms with van der Waals surface area (Å²) in [7, 11) is 0. The predicted molar refractivity (Wildman–Crippen MR) is 79.2 cm³/mol. The number of oxazole rings is 1. The van der Waals surface area contributed by atoms with E-state index in [1.54, 1.807) is 13.1 Å². The Kier molecular flexibility index (Phi) is 4.46. The molecule has 0 aliphatic rings. The Morgan fingerprint density at radius 2 is 2.24 bits per heavy atom. The van der Waals surface area contributed by atoms with Crippen LogP contribution in [0.15, 0.2) is 20.2 Å². The second-order valence-corrected chi connectivity index (χ2v) is 4.74. The van der Waals surface area contributed by atoms with Gasteiger partial charge in [0.05, 0.1) is 12.7 Å². The molecule has 0 spiro atoms. The molecule has 4 N–H and O–H groups in total. The molecule has 0 saturated heterocycles. The number of unbranched alkanes of at least 4 members (excludes halogenated alkanes) is 1. The summed E-state index contributed by atoms with van der Waals surface area (Å²) in [4.78, 5) is 29.9. The van der Waals surface area contributed by atoms with Crippen molar-refractivity contribution < 1.29 is 4.42 Å². The van der Waals surface area contributed by atoms with Gasteiger partial charge in [-0.15, -0.1) is 0 Å². The summed E-state index contributed by atoms with van der Waals surface area (Å²) < 4.78 is 6.66. The summed E-state index contributed by atoms with van der Waals surface area (Å²) >= 11 is 0. The van der Waals surface area contributed by atoms with Crippen LogP contribution in [0.2, 0.25) is 0 Å². The number of H-pyrrole nitrogens is 1. The van der Waals surface area contributed by atoms with Crippen LogP contribution < -0.4 is 22.3 Å². The zero-order chi connectivity index (χ0) is 15.4. The van der Waals surface area contributed by atoms with E-state index in [2.05, 4.69) is 15.3 Å². The van der Waals surface area contributed by atoms with Gasteiger partial charge < -0.3 is 15.5 Å². The minimum absolute atomic E-state index is 0.125. The Morgan fingerprint density at radius 3 is 2.86 bits per heavy atom. The minimum atomic E-state index is -0.548. The molecule has 0 aliphatic heterocycles. The second kappa shape index (κ2) is 6.29. The number of nitrogens with zero attached hydrogens (tertiary/aromatic N) is 2. The van der Waals surface area contributed by atoms with Gasteiger partial charge in [-0.3, -0.25) is 14.3 Å². The van der Waals surface area contributed by atoms with Crippen molar-refractivity contribution in [2.75, 3.05) is 11.1 Å². The molecule has 2 aromatic heterocycles. The summed E-state index contributed by atoms with van der Waals surface area (Å²) in [5, 5.41) is 2.87. The van der Waals surface area contributed by atoms with E-state index in [-0.39, 0.29) is 18.1 Å². The van der Waals surface area contributed by atoms with Gasteiger partial charge in [-0.25, -0.2) is 9.78 Å². The number of nitrogens with one attached hydrogen (secondary N) is 2. The lowest BCUT2D eigenvalue weighted by atomic mass is 10.3. The topological polar surface area (TPSA) is 119 Å². The van der Waals surface area contributed by atoms with E-state index in [4.69, 9.17) is 10.2 Å². The van der Waals surface area contributed by atoms with Crippen molar-refractivity contribution in [1.82, 2.24) is 14.5 Å². The van der Waals surface area contributed by atoms with Crippen LogP contribution in [0.3, 0.4) is 0 Å². The number of aryl methyl sites for hydroxylation is 1. The normalized spacial score (nSPS) is 10.8. The zero-order valence-electron chi connectivity index (χ0n) is 12.1. The third kappa shape index (κ3) is 3.33. The quantitative estimate of drug-likeness (QED) is 0.725. The molecule has 21 heavy (non-hydrogen) atoms. The van der Waals surface area contributed by atoms with E-state index in [9.17, 15) is 9.59 Å². The van der Waals surface area contributed by atoms with E-state index in [1.165, 1.54) is 4.57 Å². The number of nitrogens with two attached hydrogens (primary N) is 1. The Labute approximate surface area is 121 Å². The highest BCUT2D eigenvalue weighted by atomic mass is 16.4. The summed E-state index contributed by atoms with van der Waals surface area (Å²) in [6.45, 7) is 4.47. The molecule has 0 fully saturated rings. The average molecular weight is 293 g/mol. The van der Waals surface area contributed by atoms with E-state index < -0.39 is 11.2 Å². The third-order valence-electron chi connectivity index (χ3n) is 3.06. The smallest absolute Gasteiger partial charge is 0.330 e. The van der Waals surface area contributed by atoms with Gasteiger partial charge >= 0.3 is 5.69 Å². The third-order valence-corrected chi connectivity index (χ3v) is 3.06. The standard InChI is InChI=1S/C13H19N5O3/c1-3-4-5-18-11(14)10(12(19)17-13(18)20)16-7-9-15-6-8(2)21-9/h6,16H,3-5,7,14H2,1-2H3,(H,17,19,20). The SMILES string of the molecule is CCCCn1c(N)c(NCc2ncc(C)o2)c(=O)[nH]c1=O. The molecule has 0 aliphatic carbocycles. The van der Waals surface area contributed by atoms with E-state index in [0.29, 0.717) is 18.2 Å². The summed E-state index contributed by atoms with van der Waals surface area (Å²) in [6.07, 6.45) is 3.31. The molecule has 2 heterocycles. The van der Waals surface area contributed by atoms with E-state index in [1.807, 2.05) is 6.92 Å². The highest BCUT2D eigenvalue weighted by Gasteiger charge is 2.12. The van der Waals surface area contributed by atoms with Gasteiger partial charge in [0.25, 0.3) is 5.56 Å². The van der Waals surface area contributed by atoms with Crippen LogP contribution >= 0.6 is 0 Å². The summed E-state index contributed by atoms with van der Waals surface area (Å²) in [6, 6.07) is 0. The maximum absolute atomic E-state index is 11.9. The molecule has 0 bridgehead atoms. The van der Waals surface area contributed by atoms with Crippen LogP contribution in [0.4, 0.5) is 11.5 Å². The fourth-order valence-corrected chi connectivity index (χ4v) is 1.94. The molecule has 0 radical (unpaired) electrons. The molecule has 0 aromatic carbocycles. The van der Waals surface area contributed by atoms with Gasteiger partial charge in [-0.2, -0.15) is 0 Å². The van der Waals surface area contributed by atoms with Crippen LogP contribution in [-0.2, 0) is 13.1 Å². The molecule has 2 aromatic rings. The number of rotatable bonds is 6. The average Bonchev–Trinajstić information content (AvgIpc) is 2.84. The van der Waals surface area contributed by atoms with Crippen LogP contribution in [0.1, 0.15) is 31.4 Å². The Balaban J connectivity index is 2.26. The van der Waals surface area contributed by atoms with Gasteiger partial charge in [0, 0.05) is 6.54 Å². The van der Waals surface area contributed by atoms with Crippen LogP contribution in [0, 0.1) is 6.92 Å². The van der Waals surface area contributed by atoms with Gasteiger partial charge in [0.2, 0.25) is 5.89 Å². The maximum atomic E-state index is 11.9. The summed E-state index contributed by atoms with van der Waals surface area (Å²) in [5.74, 6) is 1.25. The number of anilines is 2. The Hall–Kier alpha value is -2.51. The monoisotopic (exact) mass is 293 g/mol. The first kappa shape index (κ1) is 14.9. The Morgan fingerprint density at radius 1 is 1.48 bits per heavy atom. The first-order valence-electron chi connectivity index (χ1n) is 6.80. The summed E-state index contributed by atoms with van der Waals surface area (Å²) in [5.41, 5.74) is 5.03. The fourth-order valence-electron chi connectivity index (χ4n) is 1.94. The van der Waals surface area contributed by atoms with E-state index in [0.717, 1.165) is 12.8 Å². The molecule has 2 rings (SSSR count). The molecule has 0 amide bonds. The van der Waals surface area contributed by atoms with Crippen molar-refractivity contribution in [3.05, 3.63) is 38.7 Å². The highest BCUT2D eigenvalue weighted by Crippen LogP contribution is 2.12. The molecular weight excluding hydrogens is 274 g/mol.